The molecule has 106 valence electrons. The summed E-state index contributed by atoms with van der Waals surface area (Å²) in [5, 5.41) is 8.10. The molecule has 3 atom stereocenters. The quantitative estimate of drug-likeness (QED) is 0.904. The van der Waals surface area contributed by atoms with Gasteiger partial charge in [-0.25, -0.2) is 0 Å². The number of aryl methyl sites for hydroxylation is 2. The van der Waals surface area contributed by atoms with Crippen LogP contribution in [0.4, 0.5) is 0 Å². The van der Waals surface area contributed by atoms with Gasteiger partial charge in [-0.15, -0.1) is 0 Å². The van der Waals surface area contributed by atoms with E-state index < -0.39 is 0 Å². The van der Waals surface area contributed by atoms with Gasteiger partial charge in [0.1, 0.15) is 0 Å². The molecule has 0 radical (unpaired) electrons. The van der Waals surface area contributed by atoms with Gasteiger partial charge in [0.2, 0.25) is 0 Å². The third kappa shape index (κ3) is 2.38. The van der Waals surface area contributed by atoms with E-state index in [1.165, 1.54) is 23.2 Å². The first kappa shape index (κ1) is 13.4. The molecule has 3 unspecified atom stereocenters. The number of hydrogen-bond donors (Lipinski definition) is 1. The van der Waals surface area contributed by atoms with E-state index in [0.717, 1.165) is 6.42 Å². The van der Waals surface area contributed by atoms with E-state index in [-0.39, 0.29) is 0 Å². The van der Waals surface area contributed by atoms with E-state index in [0.29, 0.717) is 17.9 Å². The minimum absolute atomic E-state index is 0.420. The highest BCUT2D eigenvalue weighted by atomic mass is 15.3. The second-order valence-corrected chi connectivity index (χ2v) is 5.74. The maximum atomic E-state index is 4.58. The predicted molar refractivity (Wildman–Crippen MR) is 81.7 cm³/mol. The molecule has 1 saturated carbocycles. The summed E-state index contributed by atoms with van der Waals surface area (Å²) in [5.41, 5.74) is 4.08. The topological polar surface area (TPSA) is 29.9 Å². The van der Waals surface area contributed by atoms with Crippen LogP contribution < -0.4 is 5.32 Å². The lowest BCUT2D eigenvalue weighted by Crippen LogP contribution is -2.20. The van der Waals surface area contributed by atoms with Crippen molar-refractivity contribution < 1.29 is 0 Å². The lowest BCUT2D eigenvalue weighted by molar-refractivity contribution is 0.514. The van der Waals surface area contributed by atoms with E-state index in [1.807, 2.05) is 11.7 Å². The smallest absolute Gasteiger partial charge is 0.0669 e. The fourth-order valence-corrected chi connectivity index (χ4v) is 3.35. The lowest BCUT2D eigenvalue weighted by Gasteiger charge is -2.16. The largest absolute Gasteiger partial charge is 0.313 e. The molecule has 1 N–H and O–H groups in total. The van der Waals surface area contributed by atoms with Crippen LogP contribution in [-0.2, 0) is 13.5 Å². The molecule has 1 fully saturated rings. The monoisotopic (exact) mass is 269 g/mol. The zero-order chi connectivity index (χ0) is 14.1. The number of nitrogens with zero attached hydrogens (tertiary/aromatic N) is 2. The second kappa shape index (κ2) is 5.41. The molecule has 3 heteroatoms. The Bertz CT molecular complexity index is 573. The van der Waals surface area contributed by atoms with Crippen LogP contribution >= 0.6 is 0 Å². The maximum absolute atomic E-state index is 4.58. The Morgan fingerprint density at radius 2 is 2.10 bits per heavy atom. The number of nitrogens with one attached hydrogen (secondary N) is 1. The lowest BCUT2D eigenvalue weighted by atomic mass is 9.98. The molecule has 3 rings (SSSR count). The molecule has 1 aromatic carbocycles. The molecule has 0 bridgehead atoms. The predicted octanol–water partition coefficient (Wildman–Crippen LogP) is 3.05. The summed E-state index contributed by atoms with van der Waals surface area (Å²) in [6.07, 6.45) is 4.45. The summed E-state index contributed by atoms with van der Waals surface area (Å²) < 4.78 is 1.94. The molecule has 1 heterocycles. The average molecular weight is 269 g/mol. The van der Waals surface area contributed by atoms with Crippen molar-refractivity contribution in [2.45, 2.75) is 31.7 Å². The summed E-state index contributed by atoms with van der Waals surface area (Å²) in [5.74, 6) is 1.38. The Labute approximate surface area is 121 Å². The Morgan fingerprint density at radius 3 is 2.75 bits per heavy atom. The minimum Gasteiger partial charge on any atom is -0.313 e. The summed E-state index contributed by atoms with van der Waals surface area (Å²) in [4.78, 5) is 0. The van der Waals surface area contributed by atoms with Crippen LogP contribution in [0.2, 0.25) is 0 Å². The molecule has 0 amide bonds. The van der Waals surface area contributed by atoms with Crippen molar-refractivity contribution in [2.24, 2.45) is 13.0 Å². The summed E-state index contributed by atoms with van der Waals surface area (Å²) in [7, 11) is 4.08. The zero-order valence-corrected chi connectivity index (χ0v) is 12.5. The standard InChI is InChI=1S/C17H23N3/c1-4-16-15(11-20(3)19-16)17(18-2)14-10-13(14)12-8-6-5-7-9-12/h5-9,11,13-14,17-18H,4,10H2,1-3H3. The van der Waals surface area contributed by atoms with Crippen molar-refractivity contribution in [3.8, 4) is 0 Å². The van der Waals surface area contributed by atoms with Gasteiger partial charge in [0, 0.05) is 24.8 Å². The maximum Gasteiger partial charge on any atom is 0.0669 e. The van der Waals surface area contributed by atoms with Gasteiger partial charge in [0.15, 0.2) is 0 Å². The normalized spacial score (nSPS) is 22.8. The Hall–Kier alpha value is -1.61. The van der Waals surface area contributed by atoms with Crippen molar-refractivity contribution in [2.75, 3.05) is 7.05 Å². The summed E-state index contributed by atoms with van der Waals surface area (Å²) in [6.45, 7) is 2.18. The van der Waals surface area contributed by atoms with Crippen LogP contribution in [-0.4, -0.2) is 16.8 Å². The van der Waals surface area contributed by atoms with Gasteiger partial charge in [-0.3, -0.25) is 4.68 Å². The second-order valence-electron chi connectivity index (χ2n) is 5.74. The molecule has 0 spiro atoms. The van der Waals surface area contributed by atoms with Gasteiger partial charge < -0.3 is 5.32 Å². The first-order chi connectivity index (χ1) is 9.74. The minimum atomic E-state index is 0.420. The van der Waals surface area contributed by atoms with Gasteiger partial charge >= 0.3 is 0 Å². The number of rotatable bonds is 5. The van der Waals surface area contributed by atoms with Crippen molar-refractivity contribution in [1.29, 1.82) is 0 Å². The highest BCUT2D eigenvalue weighted by Gasteiger charge is 2.44. The molecule has 0 aliphatic heterocycles. The van der Waals surface area contributed by atoms with E-state index in [2.05, 4.69) is 60.9 Å². The van der Waals surface area contributed by atoms with Crippen molar-refractivity contribution >= 4 is 0 Å². The number of benzene rings is 1. The SMILES string of the molecule is CCc1nn(C)cc1C(NC)C1CC1c1ccccc1. The van der Waals surface area contributed by atoms with Crippen LogP contribution in [0, 0.1) is 5.92 Å². The average Bonchev–Trinajstić information content (AvgIpc) is 3.17. The van der Waals surface area contributed by atoms with Crippen LogP contribution in [0.5, 0.6) is 0 Å². The fraction of sp³-hybridized carbons (Fsp3) is 0.471. The molecule has 1 aliphatic carbocycles. The first-order valence-electron chi connectivity index (χ1n) is 7.49. The first-order valence-corrected chi connectivity index (χ1v) is 7.49. The zero-order valence-electron chi connectivity index (χ0n) is 12.5. The third-order valence-electron chi connectivity index (χ3n) is 4.41. The molecule has 3 nitrogen and oxygen atoms in total. The molecule has 1 aromatic heterocycles. The molecular formula is C17H23N3. The van der Waals surface area contributed by atoms with Crippen LogP contribution in [0.25, 0.3) is 0 Å². The highest BCUT2D eigenvalue weighted by molar-refractivity contribution is 5.31. The fourth-order valence-electron chi connectivity index (χ4n) is 3.35. The number of hydrogen-bond acceptors (Lipinski definition) is 2. The Balaban J connectivity index is 1.82. The molecule has 20 heavy (non-hydrogen) atoms. The van der Waals surface area contributed by atoms with Crippen LogP contribution in [0.3, 0.4) is 0 Å². The van der Waals surface area contributed by atoms with Crippen molar-refractivity contribution in [3.05, 3.63) is 53.3 Å². The van der Waals surface area contributed by atoms with E-state index in [1.54, 1.807) is 0 Å². The van der Waals surface area contributed by atoms with Gasteiger partial charge in [-0.2, -0.15) is 5.10 Å². The molecular weight excluding hydrogens is 246 g/mol. The summed E-state index contributed by atoms with van der Waals surface area (Å²) in [6, 6.07) is 11.3. The summed E-state index contributed by atoms with van der Waals surface area (Å²) >= 11 is 0. The van der Waals surface area contributed by atoms with E-state index in [4.69, 9.17) is 0 Å². The number of aromatic nitrogens is 2. The highest BCUT2D eigenvalue weighted by Crippen LogP contribution is 2.54. The Kier molecular flexibility index (Phi) is 3.62. The van der Waals surface area contributed by atoms with E-state index >= 15 is 0 Å². The van der Waals surface area contributed by atoms with Gasteiger partial charge in [0.05, 0.1) is 5.69 Å². The van der Waals surface area contributed by atoms with Crippen LogP contribution in [0.1, 0.15) is 42.1 Å². The van der Waals surface area contributed by atoms with Crippen molar-refractivity contribution in [3.63, 3.8) is 0 Å². The van der Waals surface area contributed by atoms with Crippen molar-refractivity contribution in [1.82, 2.24) is 15.1 Å². The van der Waals surface area contributed by atoms with Gasteiger partial charge in [-0.1, -0.05) is 37.3 Å². The molecule has 0 saturated heterocycles. The van der Waals surface area contributed by atoms with Gasteiger partial charge in [0.25, 0.3) is 0 Å². The van der Waals surface area contributed by atoms with Gasteiger partial charge in [-0.05, 0) is 37.3 Å². The molecule has 1 aliphatic rings. The molecule has 2 aromatic rings. The van der Waals surface area contributed by atoms with Crippen LogP contribution in [0.15, 0.2) is 36.5 Å². The van der Waals surface area contributed by atoms with E-state index in [9.17, 15) is 0 Å². The Morgan fingerprint density at radius 1 is 1.35 bits per heavy atom. The third-order valence-corrected chi connectivity index (χ3v) is 4.41.